The molecule has 4 atom stereocenters. The van der Waals surface area contributed by atoms with E-state index in [9.17, 15) is 18.4 Å². The number of amides is 3. The second-order valence-electron chi connectivity index (χ2n) is 8.34. The average molecular weight is 409 g/mol. The van der Waals surface area contributed by atoms with Crippen molar-refractivity contribution in [3.63, 3.8) is 0 Å². The van der Waals surface area contributed by atoms with Gasteiger partial charge in [0.15, 0.2) is 0 Å². The molecule has 0 radical (unpaired) electrons. The van der Waals surface area contributed by atoms with Gasteiger partial charge in [0.1, 0.15) is 5.75 Å². The number of hydrogen-bond donors (Lipinski definition) is 2. The highest BCUT2D eigenvalue weighted by Gasteiger charge is 2.42. The number of likely N-dealkylation sites (N-methyl/N-ethyl adjacent to an activating group) is 1. The van der Waals surface area contributed by atoms with Gasteiger partial charge in [-0.3, -0.25) is 15.0 Å². The van der Waals surface area contributed by atoms with Gasteiger partial charge in [0.25, 0.3) is 0 Å². The lowest BCUT2D eigenvalue weighted by atomic mass is 9.84. The van der Waals surface area contributed by atoms with Gasteiger partial charge in [-0.15, -0.1) is 0 Å². The average Bonchev–Trinajstić information content (AvgIpc) is 3.26. The minimum absolute atomic E-state index is 0.0468. The van der Waals surface area contributed by atoms with Gasteiger partial charge in [0, 0.05) is 12.6 Å². The molecular formula is C21H29F2N3O3. The molecule has 0 saturated heterocycles. The van der Waals surface area contributed by atoms with Crippen LogP contribution in [0.2, 0.25) is 0 Å². The normalized spacial score (nSPS) is 24.0. The zero-order valence-electron chi connectivity index (χ0n) is 16.9. The van der Waals surface area contributed by atoms with Gasteiger partial charge in [-0.25, -0.2) is 4.79 Å². The Morgan fingerprint density at radius 1 is 1.21 bits per heavy atom. The van der Waals surface area contributed by atoms with Crippen LogP contribution in [0.3, 0.4) is 0 Å². The number of nitrogens with one attached hydrogen (secondary N) is 2. The first-order valence-electron chi connectivity index (χ1n) is 10.1. The van der Waals surface area contributed by atoms with Crippen LogP contribution >= 0.6 is 0 Å². The number of alkyl halides is 2. The lowest BCUT2D eigenvalue weighted by molar-refractivity contribution is -0.121. The Bertz CT molecular complexity index is 714. The molecule has 3 amide bonds. The molecule has 2 saturated carbocycles. The standard InChI is InChI=1S/C21H29F2N3O3/c1-13(18-10-15-3-6-16(18)9-15)24-21(28)25-19(27)12-26(2)11-14-4-7-17(8-5-14)29-20(22)23/h4-5,7-8,13,15-16,18,20H,3,6,9-12H2,1-2H3,(H2,24,25,27,28). The SMILES string of the molecule is CC(NC(=O)NC(=O)CN(C)Cc1ccc(OC(F)F)cc1)C1CC2CCC1C2. The minimum atomic E-state index is -2.86. The van der Waals surface area contributed by atoms with Gasteiger partial charge in [0.05, 0.1) is 6.54 Å². The van der Waals surface area contributed by atoms with E-state index < -0.39 is 12.6 Å². The Balaban J connectivity index is 1.38. The second kappa shape index (κ2) is 9.52. The Hall–Kier alpha value is -2.22. The van der Waals surface area contributed by atoms with Crippen LogP contribution in [0.1, 0.15) is 38.2 Å². The molecule has 2 N–H and O–H groups in total. The van der Waals surface area contributed by atoms with Crippen LogP contribution in [-0.2, 0) is 11.3 Å². The Morgan fingerprint density at radius 2 is 1.93 bits per heavy atom. The van der Waals surface area contributed by atoms with E-state index in [1.54, 1.807) is 24.1 Å². The first-order valence-corrected chi connectivity index (χ1v) is 10.1. The fourth-order valence-electron chi connectivity index (χ4n) is 4.81. The number of carbonyl (C=O) groups excluding carboxylic acids is 2. The summed E-state index contributed by atoms with van der Waals surface area (Å²) in [5.41, 5.74) is 0.844. The Kier molecular flexibility index (Phi) is 7.05. The summed E-state index contributed by atoms with van der Waals surface area (Å²) in [5.74, 6) is 1.72. The number of fused-ring (bicyclic) bond motifs is 2. The molecule has 160 valence electrons. The second-order valence-corrected chi connectivity index (χ2v) is 8.34. The highest BCUT2D eigenvalue weighted by Crippen LogP contribution is 2.49. The number of rotatable bonds is 8. The lowest BCUT2D eigenvalue weighted by Crippen LogP contribution is -2.48. The van der Waals surface area contributed by atoms with Crippen molar-refractivity contribution in [2.75, 3.05) is 13.6 Å². The summed E-state index contributed by atoms with van der Waals surface area (Å²) in [6.45, 7) is -0.357. The van der Waals surface area contributed by atoms with E-state index in [2.05, 4.69) is 15.4 Å². The van der Waals surface area contributed by atoms with Gasteiger partial charge < -0.3 is 10.1 Å². The van der Waals surface area contributed by atoms with Gasteiger partial charge in [0.2, 0.25) is 5.91 Å². The van der Waals surface area contributed by atoms with Crippen molar-refractivity contribution in [2.24, 2.45) is 17.8 Å². The van der Waals surface area contributed by atoms with E-state index in [1.165, 1.54) is 37.8 Å². The van der Waals surface area contributed by atoms with Crippen LogP contribution in [-0.4, -0.2) is 43.1 Å². The highest BCUT2D eigenvalue weighted by atomic mass is 19.3. The van der Waals surface area contributed by atoms with Crippen molar-refractivity contribution in [2.45, 2.75) is 51.8 Å². The van der Waals surface area contributed by atoms with Crippen molar-refractivity contribution in [3.05, 3.63) is 29.8 Å². The molecule has 1 aromatic rings. The lowest BCUT2D eigenvalue weighted by Gasteiger charge is -2.28. The monoisotopic (exact) mass is 409 g/mol. The van der Waals surface area contributed by atoms with Crippen molar-refractivity contribution in [3.8, 4) is 5.75 Å². The van der Waals surface area contributed by atoms with E-state index in [0.29, 0.717) is 18.4 Å². The van der Waals surface area contributed by atoms with Gasteiger partial charge >= 0.3 is 12.6 Å². The van der Waals surface area contributed by atoms with E-state index in [-0.39, 0.29) is 24.2 Å². The fraction of sp³-hybridized carbons (Fsp3) is 0.619. The summed E-state index contributed by atoms with van der Waals surface area (Å²) in [7, 11) is 1.75. The molecule has 4 unspecified atom stereocenters. The zero-order chi connectivity index (χ0) is 21.0. The molecule has 8 heteroatoms. The first kappa shape index (κ1) is 21.5. The summed E-state index contributed by atoms with van der Waals surface area (Å²) in [5, 5.41) is 5.31. The summed E-state index contributed by atoms with van der Waals surface area (Å²) < 4.78 is 28.7. The molecule has 2 fully saturated rings. The maximum Gasteiger partial charge on any atom is 0.387 e. The predicted octanol–water partition coefficient (Wildman–Crippen LogP) is 3.37. The molecule has 3 rings (SSSR count). The number of ether oxygens (including phenoxy) is 1. The molecule has 0 heterocycles. The maximum absolute atomic E-state index is 12.2. The molecule has 2 bridgehead atoms. The third-order valence-corrected chi connectivity index (χ3v) is 6.06. The van der Waals surface area contributed by atoms with Crippen molar-refractivity contribution < 1.29 is 23.1 Å². The quantitative estimate of drug-likeness (QED) is 0.691. The predicted molar refractivity (Wildman–Crippen MR) is 104 cm³/mol. The van der Waals surface area contributed by atoms with Crippen LogP contribution in [0.25, 0.3) is 0 Å². The van der Waals surface area contributed by atoms with Crippen LogP contribution in [0.4, 0.5) is 13.6 Å². The van der Waals surface area contributed by atoms with E-state index in [0.717, 1.165) is 11.5 Å². The fourth-order valence-corrected chi connectivity index (χ4v) is 4.81. The number of imide groups is 1. The smallest absolute Gasteiger partial charge is 0.387 e. The maximum atomic E-state index is 12.2. The third-order valence-electron chi connectivity index (χ3n) is 6.06. The molecule has 6 nitrogen and oxygen atoms in total. The molecule has 2 aliphatic rings. The van der Waals surface area contributed by atoms with Crippen molar-refractivity contribution >= 4 is 11.9 Å². The number of nitrogens with zero attached hydrogens (tertiary/aromatic N) is 1. The van der Waals surface area contributed by atoms with Crippen LogP contribution in [0.15, 0.2) is 24.3 Å². The Labute approximate surface area is 170 Å². The molecule has 0 aliphatic heterocycles. The van der Waals surface area contributed by atoms with Crippen molar-refractivity contribution in [1.82, 2.24) is 15.5 Å². The number of urea groups is 1. The van der Waals surface area contributed by atoms with Crippen LogP contribution in [0.5, 0.6) is 5.75 Å². The van der Waals surface area contributed by atoms with Crippen LogP contribution in [0, 0.1) is 17.8 Å². The van der Waals surface area contributed by atoms with Gasteiger partial charge in [-0.05, 0) is 68.7 Å². The molecule has 29 heavy (non-hydrogen) atoms. The topological polar surface area (TPSA) is 70.7 Å². The van der Waals surface area contributed by atoms with Crippen LogP contribution < -0.4 is 15.4 Å². The third kappa shape index (κ3) is 6.13. The molecular weight excluding hydrogens is 380 g/mol. The molecule has 0 aromatic heterocycles. The first-order chi connectivity index (χ1) is 13.8. The zero-order valence-corrected chi connectivity index (χ0v) is 16.9. The molecule has 1 aromatic carbocycles. The summed E-state index contributed by atoms with van der Waals surface area (Å²) in [6, 6.07) is 5.85. The number of carbonyl (C=O) groups is 2. The van der Waals surface area contributed by atoms with E-state index >= 15 is 0 Å². The van der Waals surface area contributed by atoms with Gasteiger partial charge in [-0.2, -0.15) is 8.78 Å². The van der Waals surface area contributed by atoms with Crippen molar-refractivity contribution in [1.29, 1.82) is 0 Å². The molecule has 2 aliphatic carbocycles. The number of hydrogen-bond acceptors (Lipinski definition) is 4. The molecule has 0 spiro atoms. The Morgan fingerprint density at radius 3 is 2.52 bits per heavy atom. The van der Waals surface area contributed by atoms with E-state index in [1.807, 2.05) is 6.92 Å². The minimum Gasteiger partial charge on any atom is -0.435 e. The van der Waals surface area contributed by atoms with E-state index in [4.69, 9.17) is 0 Å². The summed E-state index contributed by atoms with van der Waals surface area (Å²) in [6.07, 6.45) is 5.01. The van der Waals surface area contributed by atoms with Gasteiger partial charge in [-0.1, -0.05) is 18.6 Å². The highest BCUT2D eigenvalue weighted by molar-refractivity contribution is 5.95. The summed E-state index contributed by atoms with van der Waals surface area (Å²) in [4.78, 5) is 26.0. The number of halogens is 2. The summed E-state index contributed by atoms with van der Waals surface area (Å²) >= 11 is 0. The number of benzene rings is 1. The largest absolute Gasteiger partial charge is 0.435 e.